The van der Waals surface area contributed by atoms with E-state index < -0.39 is 10.0 Å². The standard InChI is InChI=1S/C19H30N4O3S.HI/c1-20-19(22-14-17-9-12-26-15-17)21-13-16-5-7-18(8-6-16)27(24,25)23-10-3-2-4-11-23;/h5-8,17H,2-4,9-15H2,1H3,(H2,20,21,22);1H. The zero-order valence-corrected chi connectivity index (χ0v) is 19.5. The van der Waals surface area contributed by atoms with Gasteiger partial charge in [0, 0.05) is 45.8 Å². The Hall–Kier alpha value is -0.910. The number of hydrogen-bond donors (Lipinski definition) is 2. The normalized spacial score (nSPS) is 21.2. The summed E-state index contributed by atoms with van der Waals surface area (Å²) >= 11 is 0. The highest BCUT2D eigenvalue weighted by molar-refractivity contribution is 14.0. The Bertz CT molecular complexity index is 728. The van der Waals surface area contributed by atoms with Gasteiger partial charge in [-0.05, 0) is 37.0 Å². The van der Waals surface area contributed by atoms with Crippen molar-refractivity contribution in [3.8, 4) is 0 Å². The largest absolute Gasteiger partial charge is 0.381 e. The lowest BCUT2D eigenvalue weighted by atomic mass is 10.1. The van der Waals surface area contributed by atoms with E-state index in [0.29, 0.717) is 30.4 Å². The number of guanidine groups is 1. The van der Waals surface area contributed by atoms with E-state index in [9.17, 15) is 8.42 Å². The summed E-state index contributed by atoms with van der Waals surface area (Å²) in [7, 11) is -1.62. The van der Waals surface area contributed by atoms with Crippen LogP contribution in [0, 0.1) is 5.92 Å². The maximum Gasteiger partial charge on any atom is 0.243 e. The van der Waals surface area contributed by atoms with Crippen LogP contribution in [0.1, 0.15) is 31.2 Å². The number of sulfonamides is 1. The fraction of sp³-hybridized carbons (Fsp3) is 0.632. The van der Waals surface area contributed by atoms with Crippen LogP contribution in [-0.4, -0.2) is 58.6 Å². The Morgan fingerprint density at radius 3 is 2.50 bits per heavy atom. The highest BCUT2D eigenvalue weighted by Gasteiger charge is 2.25. The predicted octanol–water partition coefficient (Wildman–Crippen LogP) is 2.18. The van der Waals surface area contributed by atoms with Gasteiger partial charge in [0.1, 0.15) is 0 Å². The van der Waals surface area contributed by atoms with E-state index >= 15 is 0 Å². The summed E-state index contributed by atoms with van der Waals surface area (Å²) in [6, 6.07) is 7.13. The molecule has 1 aromatic carbocycles. The molecule has 2 heterocycles. The van der Waals surface area contributed by atoms with E-state index in [0.717, 1.165) is 57.0 Å². The Morgan fingerprint density at radius 1 is 1.18 bits per heavy atom. The lowest BCUT2D eigenvalue weighted by molar-refractivity contribution is 0.186. The molecular weight excluding hydrogens is 491 g/mol. The van der Waals surface area contributed by atoms with Crippen LogP contribution in [0.15, 0.2) is 34.2 Å². The molecule has 1 aromatic rings. The van der Waals surface area contributed by atoms with Gasteiger partial charge in [-0.15, -0.1) is 24.0 Å². The first-order valence-corrected chi connectivity index (χ1v) is 11.1. The van der Waals surface area contributed by atoms with Gasteiger partial charge in [-0.25, -0.2) is 8.42 Å². The maximum absolute atomic E-state index is 12.7. The number of ether oxygens (including phenoxy) is 1. The molecule has 7 nitrogen and oxygen atoms in total. The van der Waals surface area contributed by atoms with Gasteiger partial charge in [0.2, 0.25) is 10.0 Å². The van der Waals surface area contributed by atoms with Gasteiger partial charge >= 0.3 is 0 Å². The van der Waals surface area contributed by atoms with E-state index in [1.807, 2.05) is 12.1 Å². The fourth-order valence-corrected chi connectivity index (χ4v) is 4.94. The molecule has 2 aliphatic heterocycles. The molecule has 1 atom stereocenters. The van der Waals surface area contributed by atoms with Crippen LogP contribution in [0.3, 0.4) is 0 Å². The van der Waals surface area contributed by atoms with E-state index in [2.05, 4.69) is 15.6 Å². The molecule has 0 spiro atoms. The molecule has 2 N–H and O–H groups in total. The van der Waals surface area contributed by atoms with E-state index in [-0.39, 0.29) is 24.0 Å². The lowest BCUT2D eigenvalue weighted by Crippen LogP contribution is -2.39. The SMILES string of the molecule is CN=C(NCc1ccc(S(=O)(=O)N2CCCCC2)cc1)NCC1CCOC1.I. The van der Waals surface area contributed by atoms with Crippen molar-refractivity contribution in [2.75, 3.05) is 39.9 Å². The summed E-state index contributed by atoms with van der Waals surface area (Å²) in [5.41, 5.74) is 1.01. The molecule has 2 aliphatic rings. The third-order valence-electron chi connectivity index (χ3n) is 5.14. The zero-order valence-electron chi connectivity index (χ0n) is 16.4. The first kappa shape index (κ1) is 23.4. The molecular formula is C19H31IN4O3S. The molecule has 2 saturated heterocycles. The van der Waals surface area contributed by atoms with Crippen LogP contribution in [0.2, 0.25) is 0 Å². The van der Waals surface area contributed by atoms with Gasteiger partial charge in [0.25, 0.3) is 0 Å². The molecule has 1 unspecified atom stereocenters. The Morgan fingerprint density at radius 2 is 1.89 bits per heavy atom. The number of nitrogens with one attached hydrogen (secondary N) is 2. The smallest absolute Gasteiger partial charge is 0.243 e. The lowest BCUT2D eigenvalue weighted by Gasteiger charge is -2.25. The van der Waals surface area contributed by atoms with Crippen molar-refractivity contribution < 1.29 is 13.2 Å². The van der Waals surface area contributed by atoms with E-state index in [4.69, 9.17) is 4.74 Å². The van der Waals surface area contributed by atoms with Crippen LogP contribution in [0.4, 0.5) is 0 Å². The summed E-state index contributed by atoms with van der Waals surface area (Å²) in [4.78, 5) is 4.61. The van der Waals surface area contributed by atoms with Crippen molar-refractivity contribution in [2.24, 2.45) is 10.9 Å². The molecule has 158 valence electrons. The number of nitrogens with zero attached hydrogens (tertiary/aromatic N) is 2. The van der Waals surface area contributed by atoms with Crippen LogP contribution in [0.25, 0.3) is 0 Å². The second-order valence-electron chi connectivity index (χ2n) is 7.14. The van der Waals surface area contributed by atoms with Gasteiger partial charge in [-0.2, -0.15) is 4.31 Å². The molecule has 0 bridgehead atoms. The van der Waals surface area contributed by atoms with Crippen molar-refractivity contribution in [2.45, 2.75) is 37.1 Å². The summed E-state index contributed by atoms with van der Waals surface area (Å²) in [5, 5.41) is 6.59. The number of piperidine rings is 1. The Labute approximate surface area is 185 Å². The van der Waals surface area contributed by atoms with Gasteiger partial charge in [0.05, 0.1) is 11.5 Å². The molecule has 9 heteroatoms. The highest BCUT2D eigenvalue weighted by atomic mass is 127. The average Bonchev–Trinajstić information content (AvgIpc) is 3.23. The van der Waals surface area contributed by atoms with Gasteiger partial charge in [-0.3, -0.25) is 4.99 Å². The molecule has 0 amide bonds. The second kappa shape index (κ2) is 11.3. The zero-order chi connectivity index (χ0) is 19.1. The highest BCUT2D eigenvalue weighted by Crippen LogP contribution is 2.20. The number of benzene rings is 1. The van der Waals surface area contributed by atoms with Crippen LogP contribution < -0.4 is 10.6 Å². The second-order valence-corrected chi connectivity index (χ2v) is 9.08. The number of rotatable bonds is 6. The first-order chi connectivity index (χ1) is 13.1. The quantitative estimate of drug-likeness (QED) is 0.340. The first-order valence-electron chi connectivity index (χ1n) is 9.71. The van der Waals surface area contributed by atoms with Gasteiger partial charge in [-0.1, -0.05) is 18.6 Å². The van der Waals surface area contributed by atoms with Crippen LogP contribution in [0.5, 0.6) is 0 Å². The molecule has 0 aromatic heterocycles. The van der Waals surface area contributed by atoms with Gasteiger partial charge < -0.3 is 15.4 Å². The minimum Gasteiger partial charge on any atom is -0.381 e. The molecule has 0 saturated carbocycles. The predicted molar refractivity (Wildman–Crippen MR) is 122 cm³/mol. The maximum atomic E-state index is 12.7. The summed E-state index contributed by atoms with van der Waals surface area (Å²) in [6.45, 7) is 4.32. The summed E-state index contributed by atoms with van der Waals surface area (Å²) < 4.78 is 32.4. The number of aliphatic imine (C=N–C) groups is 1. The summed E-state index contributed by atoms with van der Waals surface area (Å²) in [6.07, 6.45) is 4.08. The van der Waals surface area contributed by atoms with Crippen LogP contribution >= 0.6 is 24.0 Å². The number of hydrogen-bond acceptors (Lipinski definition) is 4. The van der Waals surface area contributed by atoms with Crippen molar-refractivity contribution in [3.05, 3.63) is 29.8 Å². The van der Waals surface area contributed by atoms with Crippen LogP contribution in [-0.2, 0) is 21.3 Å². The minimum atomic E-state index is -3.37. The Kier molecular flexibility index (Phi) is 9.45. The van der Waals surface area contributed by atoms with Crippen molar-refractivity contribution >= 4 is 40.0 Å². The molecule has 3 rings (SSSR count). The Balaban J connectivity index is 0.00000280. The van der Waals surface area contributed by atoms with Gasteiger partial charge in [0.15, 0.2) is 5.96 Å². The summed E-state index contributed by atoms with van der Waals surface area (Å²) in [5.74, 6) is 1.27. The molecule has 28 heavy (non-hydrogen) atoms. The van der Waals surface area contributed by atoms with E-state index in [1.54, 1.807) is 23.5 Å². The molecule has 2 fully saturated rings. The monoisotopic (exact) mass is 522 g/mol. The van der Waals surface area contributed by atoms with Crippen molar-refractivity contribution in [3.63, 3.8) is 0 Å². The third kappa shape index (κ3) is 6.30. The third-order valence-corrected chi connectivity index (χ3v) is 7.05. The average molecular weight is 522 g/mol. The minimum absolute atomic E-state index is 0. The fourth-order valence-electron chi connectivity index (χ4n) is 3.43. The van der Waals surface area contributed by atoms with Crippen molar-refractivity contribution in [1.29, 1.82) is 0 Å². The molecule has 0 radical (unpaired) electrons. The topological polar surface area (TPSA) is 83.0 Å². The molecule has 0 aliphatic carbocycles. The van der Waals surface area contributed by atoms with E-state index in [1.165, 1.54) is 0 Å². The number of halogens is 1. The van der Waals surface area contributed by atoms with Crippen molar-refractivity contribution in [1.82, 2.24) is 14.9 Å².